The fourth-order valence-corrected chi connectivity index (χ4v) is 3.27. The highest BCUT2D eigenvalue weighted by atomic mass is 16.5. The molecule has 3 heteroatoms. The fraction of sp³-hybridized carbons (Fsp3) is 0.667. The molecule has 1 fully saturated rings. The van der Waals surface area contributed by atoms with Gasteiger partial charge in [-0.3, -0.25) is 4.90 Å². The van der Waals surface area contributed by atoms with Crippen molar-refractivity contribution in [1.29, 1.82) is 0 Å². The second-order valence-corrected chi connectivity index (χ2v) is 6.08. The van der Waals surface area contributed by atoms with Gasteiger partial charge in [0.2, 0.25) is 0 Å². The van der Waals surface area contributed by atoms with Gasteiger partial charge in [-0.15, -0.1) is 0 Å². The molecule has 1 N–H and O–H groups in total. The van der Waals surface area contributed by atoms with Crippen molar-refractivity contribution in [2.75, 3.05) is 33.4 Å². The Bertz CT molecular complexity index is 382. The van der Waals surface area contributed by atoms with Crippen molar-refractivity contribution in [2.45, 2.75) is 44.7 Å². The van der Waals surface area contributed by atoms with E-state index in [1.807, 2.05) is 0 Å². The lowest BCUT2D eigenvalue weighted by atomic mass is 9.99. The van der Waals surface area contributed by atoms with Gasteiger partial charge in [0.05, 0.1) is 0 Å². The van der Waals surface area contributed by atoms with E-state index in [4.69, 9.17) is 4.74 Å². The molecule has 0 amide bonds. The number of nitrogens with one attached hydrogen (secondary N) is 1. The first-order valence-electron chi connectivity index (χ1n) is 8.33. The summed E-state index contributed by atoms with van der Waals surface area (Å²) >= 11 is 0. The molecule has 3 nitrogen and oxygen atoms in total. The lowest BCUT2D eigenvalue weighted by Gasteiger charge is -2.40. The molecular formula is C18H30N2O. The number of rotatable bonds is 8. The van der Waals surface area contributed by atoms with Crippen LogP contribution in [0.1, 0.15) is 31.7 Å². The SMILES string of the molecule is CCCC1CNC(Cc2ccccc2)CN1CCCOC. The molecule has 21 heavy (non-hydrogen) atoms. The van der Waals surface area contributed by atoms with Crippen molar-refractivity contribution in [3.05, 3.63) is 35.9 Å². The first kappa shape index (κ1) is 16.5. The molecule has 1 aliphatic rings. The van der Waals surface area contributed by atoms with Crippen LogP contribution in [0.5, 0.6) is 0 Å². The van der Waals surface area contributed by atoms with Gasteiger partial charge in [0.15, 0.2) is 0 Å². The van der Waals surface area contributed by atoms with Crippen molar-refractivity contribution in [2.24, 2.45) is 0 Å². The Labute approximate surface area is 129 Å². The van der Waals surface area contributed by atoms with E-state index in [2.05, 4.69) is 47.5 Å². The summed E-state index contributed by atoms with van der Waals surface area (Å²) in [6, 6.07) is 12.1. The summed E-state index contributed by atoms with van der Waals surface area (Å²) in [7, 11) is 1.79. The summed E-state index contributed by atoms with van der Waals surface area (Å²) in [6.45, 7) is 6.59. The van der Waals surface area contributed by atoms with Crippen LogP contribution in [-0.2, 0) is 11.2 Å². The van der Waals surface area contributed by atoms with Crippen molar-refractivity contribution in [3.63, 3.8) is 0 Å². The van der Waals surface area contributed by atoms with Crippen molar-refractivity contribution in [3.8, 4) is 0 Å². The van der Waals surface area contributed by atoms with Crippen molar-refractivity contribution < 1.29 is 4.74 Å². The molecule has 0 bridgehead atoms. The second-order valence-electron chi connectivity index (χ2n) is 6.08. The van der Waals surface area contributed by atoms with E-state index in [1.54, 1.807) is 7.11 Å². The van der Waals surface area contributed by atoms with Gasteiger partial charge in [0.25, 0.3) is 0 Å². The minimum Gasteiger partial charge on any atom is -0.385 e. The summed E-state index contributed by atoms with van der Waals surface area (Å²) in [4.78, 5) is 2.67. The standard InChI is InChI=1S/C18H30N2O/c1-3-8-18-14-19-17(13-16-9-5-4-6-10-16)15-20(18)11-7-12-21-2/h4-6,9-10,17-19H,3,7-8,11-15H2,1-2H3. The van der Waals surface area contributed by atoms with Gasteiger partial charge in [0.1, 0.15) is 0 Å². The van der Waals surface area contributed by atoms with E-state index >= 15 is 0 Å². The molecule has 2 unspecified atom stereocenters. The van der Waals surface area contributed by atoms with E-state index in [0.29, 0.717) is 12.1 Å². The highest BCUT2D eigenvalue weighted by Gasteiger charge is 2.26. The molecule has 0 radical (unpaired) electrons. The minimum absolute atomic E-state index is 0.572. The Hall–Kier alpha value is -0.900. The van der Waals surface area contributed by atoms with Crippen LogP contribution in [0, 0.1) is 0 Å². The third kappa shape index (κ3) is 5.42. The molecule has 0 aliphatic carbocycles. The average Bonchev–Trinajstić information content (AvgIpc) is 2.51. The second kappa shape index (κ2) is 9.19. The van der Waals surface area contributed by atoms with E-state index in [-0.39, 0.29) is 0 Å². The highest BCUT2D eigenvalue weighted by molar-refractivity contribution is 5.16. The molecule has 1 aromatic rings. The number of ether oxygens (including phenoxy) is 1. The zero-order chi connectivity index (χ0) is 14.9. The zero-order valence-electron chi connectivity index (χ0n) is 13.6. The normalized spacial score (nSPS) is 23.3. The Morgan fingerprint density at radius 1 is 1.29 bits per heavy atom. The molecule has 0 aromatic heterocycles. The Morgan fingerprint density at radius 3 is 2.81 bits per heavy atom. The van der Waals surface area contributed by atoms with Crippen LogP contribution in [0.4, 0.5) is 0 Å². The molecular weight excluding hydrogens is 260 g/mol. The quantitative estimate of drug-likeness (QED) is 0.745. The molecule has 118 valence electrons. The molecule has 1 aliphatic heterocycles. The molecule has 2 atom stereocenters. The number of hydrogen-bond donors (Lipinski definition) is 1. The first-order valence-corrected chi connectivity index (χ1v) is 8.33. The van der Waals surface area contributed by atoms with Crippen molar-refractivity contribution >= 4 is 0 Å². The van der Waals surface area contributed by atoms with Gasteiger partial charge < -0.3 is 10.1 Å². The smallest absolute Gasteiger partial charge is 0.0474 e. The number of nitrogens with zero attached hydrogens (tertiary/aromatic N) is 1. The molecule has 1 aromatic carbocycles. The van der Waals surface area contributed by atoms with Gasteiger partial charge in [-0.1, -0.05) is 43.7 Å². The maximum atomic E-state index is 5.21. The van der Waals surface area contributed by atoms with E-state index < -0.39 is 0 Å². The van der Waals surface area contributed by atoms with Crippen LogP contribution in [0.25, 0.3) is 0 Å². The zero-order valence-corrected chi connectivity index (χ0v) is 13.6. The van der Waals surface area contributed by atoms with Gasteiger partial charge in [0, 0.05) is 45.4 Å². The number of methoxy groups -OCH3 is 1. The van der Waals surface area contributed by atoms with E-state index in [1.165, 1.54) is 18.4 Å². The van der Waals surface area contributed by atoms with Gasteiger partial charge in [-0.05, 0) is 24.8 Å². The lowest BCUT2D eigenvalue weighted by molar-refractivity contribution is 0.104. The molecule has 2 rings (SSSR count). The molecule has 1 heterocycles. The lowest BCUT2D eigenvalue weighted by Crippen LogP contribution is -2.57. The predicted octanol–water partition coefficient (Wildman–Crippen LogP) is 2.71. The predicted molar refractivity (Wildman–Crippen MR) is 88.7 cm³/mol. The summed E-state index contributed by atoms with van der Waals surface area (Å²) in [6.07, 6.45) is 4.81. The Balaban J connectivity index is 1.87. The average molecular weight is 290 g/mol. The summed E-state index contributed by atoms with van der Waals surface area (Å²) in [5.74, 6) is 0. The molecule has 1 saturated heterocycles. The maximum Gasteiger partial charge on any atom is 0.0474 e. The monoisotopic (exact) mass is 290 g/mol. The molecule has 0 spiro atoms. The highest BCUT2D eigenvalue weighted by Crippen LogP contribution is 2.15. The van der Waals surface area contributed by atoms with Crippen LogP contribution in [0.2, 0.25) is 0 Å². The van der Waals surface area contributed by atoms with Crippen LogP contribution in [-0.4, -0.2) is 50.3 Å². The minimum atomic E-state index is 0.572. The van der Waals surface area contributed by atoms with E-state index in [9.17, 15) is 0 Å². The van der Waals surface area contributed by atoms with Crippen LogP contribution in [0.3, 0.4) is 0 Å². The van der Waals surface area contributed by atoms with Crippen molar-refractivity contribution in [1.82, 2.24) is 10.2 Å². The third-order valence-corrected chi connectivity index (χ3v) is 4.35. The topological polar surface area (TPSA) is 24.5 Å². The van der Waals surface area contributed by atoms with Crippen LogP contribution >= 0.6 is 0 Å². The van der Waals surface area contributed by atoms with Gasteiger partial charge >= 0.3 is 0 Å². The largest absolute Gasteiger partial charge is 0.385 e. The Morgan fingerprint density at radius 2 is 2.10 bits per heavy atom. The van der Waals surface area contributed by atoms with Crippen LogP contribution < -0.4 is 5.32 Å². The molecule has 0 saturated carbocycles. The number of benzene rings is 1. The summed E-state index contributed by atoms with van der Waals surface area (Å²) < 4.78 is 5.21. The van der Waals surface area contributed by atoms with Crippen LogP contribution in [0.15, 0.2) is 30.3 Å². The summed E-state index contributed by atoms with van der Waals surface area (Å²) in [5, 5.41) is 3.75. The number of hydrogen-bond acceptors (Lipinski definition) is 3. The first-order chi connectivity index (χ1) is 10.3. The number of piperazine rings is 1. The van der Waals surface area contributed by atoms with E-state index in [0.717, 1.165) is 39.1 Å². The third-order valence-electron chi connectivity index (χ3n) is 4.35. The van der Waals surface area contributed by atoms with Gasteiger partial charge in [-0.25, -0.2) is 0 Å². The fourth-order valence-electron chi connectivity index (χ4n) is 3.27. The Kier molecular flexibility index (Phi) is 7.20. The maximum absolute atomic E-state index is 5.21. The summed E-state index contributed by atoms with van der Waals surface area (Å²) in [5.41, 5.74) is 1.43. The van der Waals surface area contributed by atoms with Gasteiger partial charge in [-0.2, -0.15) is 0 Å².